The van der Waals surface area contributed by atoms with Gasteiger partial charge in [0.2, 0.25) is 0 Å². The Morgan fingerprint density at radius 2 is 1.32 bits per heavy atom. The van der Waals surface area contributed by atoms with E-state index in [4.69, 9.17) is 0 Å². The van der Waals surface area contributed by atoms with Crippen LogP contribution in [-0.4, -0.2) is 5.78 Å². The first-order valence-electron chi connectivity index (χ1n) is 8.80. The third-order valence-electron chi connectivity index (χ3n) is 4.81. The second kappa shape index (κ2) is 6.18. The summed E-state index contributed by atoms with van der Waals surface area (Å²) in [4.78, 5) is 12.9. The maximum atomic E-state index is 12.9. The van der Waals surface area contributed by atoms with Crippen LogP contribution in [0.3, 0.4) is 0 Å². The van der Waals surface area contributed by atoms with E-state index in [-0.39, 0.29) is 16.6 Å². The molecule has 0 aromatic heterocycles. The van der Waals surface area contributed by atoms with Gasteiger partial charge in [-0.15, -0.1) is 0 Å². The molecular weight excluding hydrogens is 268 g/mol. The molecule has 1 heteroatoms. The zero-order valence-electron chi connectivity index (χ0n) is 15.3. The number of hydrogen-bond donors (Lipinski definition) is 0. The molecule has 1 fully saturated rings. The summed E-state index contributed by atoms with van der Waals surface area (Å²) in [6, 6.07) is 0. The van der Waals surface area contributed by atoms with E-state index >= 15 is 0 Å². The van der Waals surface area contributed by atoms with Crippen molar-refractivity contribution >= 4 is 5.78 Å². The second-order valence-corrected chi connectivity index (χ2v) is 9.01. The molecule has 22 heavy (non-hydrogen) atoms. The summed E-state index contributed by atoms with van der Waals surface area (Å²) in [5.41, 5.74) is 2.96. The lowest BCUT2D eigenvalue weighted by Crippen LogP contribution is -2.28. The summed E-state index contributed by atoms with van der Waals surface area (Å²) in [6.07, 6.45) is 13.4. The normalized spacial score (nSPS) is 21.5. The van der Waals surface area contributed by atoms with Gasteiger partial charge in [0.25, 0.3) is 0 Å². The van der Waals surface area contributed by atoms with Crippen molar-refractivity contribution in [2.75, 3.05) is 0 Å². The van der Waals surface area contributed by atoms with Gasteiger partial charge in [-0.3, -0.25) is 4.79 Å². The van der Waals surface area contributed by atoms with E-state index in [9.17, 15) is 4.79 Å². The topological polar surface area (TPSA) is 17.1 Å². The van der Waals surface area contributed by atoms with E-state index in [2.05, 4.69) is 59.8 Å². The van der Waals surface area contributed by atoms with Crippen molar-refractivity contribution in [3.8, 4) is 0 Å². The van der Waals surface area contributed by atoms with Crippen LogP contribution in [0, 0.1) is 16.7 Å². The number of hydrogen-bond acceptors (Lipinski definition) is 1. The van der Waals surface area contributed by atoms with E-state index in [1.54, 1.807) is 0 Å². The van der Waals surface area contributed by atoms with Crippen LogP contribution < -0.4 is 0 Å². The van der Waals surface area contributed by atoms with Gasteiger partial charge in [0.05, 0.1) is 0 Å². The highest BCUT2D eigenvalue weighted by Crippen LogP contribution is 2.39. The molecule has 0 saturated heterocycles. The lowest BCUT2D eigenvalue weighted by atomic mass is 9.71. The van der Waals surface area contributed by atoms with Crippen molar-refractivity contribution in [2.24, 2.45) is 16.7 Å². The fraction of sp³-hybridized carbons (Fsp3) is 0.667. The largest absolute Gasteiger partial charge is 0.289 e. The molecule has 2 aliphatic rings. The van der Waals surface area contributed by atoms with Gasteiger partial charge in [0.15, 0.2) is 5.78 Å². The van der Waals surface area contributed by atoms with Gasteiger partial charge in [0, 0.05) is 11.1 Å². The predicted octanol–water partition coefficient (Wildman–Crippen LogP) is 6.02. The fourth-order valence-corrected chi connectivity index (χ4v) is 3.43. The number of carbonyl (C=O) groups is 1. The molecule has 2 aliphatic carbocycles. The molecule has 1 nitrogen and oxygen atoms in total. The Balaban J connectivity index is 2.41. The molecule has 0 aromatic carbocycles. The number of allylic oxidation sites excluding steroid dienone is 6. The molecule has 0 aliphatic heterocycles. The molecular formula is C21H32O. The Kier molecular flexibility index (Phi) is 4.84. The van der Waals surface area contributed by atoms with Crippen LogP contribution in [0.25, 0.3) is 0 Å². The first kappa shape index (κ1) is 17.2. The highest BCUT2D eigenvalue weighted by Gasteiger charge is 2.34. The second-order valence-electron chi connectivity index (χ2n) is 9.01. The molecule has 0 N–H and O–H groups in total. The van der Waals surface area contributed by atoms with Crippen LogP contribution in [0.15, 0.2) is 34.9 Å². The predicted molar refractivity (Wildman–Crippen MR) is 94.7 cm³/mol. The Hall–Kier alpha value is -1.11. The molecule has 0 spiro atoms. The van der Waals surface area contributed by atoms with E-state index in [1.165, 1.54) is 37.7 Å². The average molecular weight is 300 g/mol. The Labute approximate surface area is 136 Å². The zero-order valence-corrected chi connectivity index (χ0v) is 15.3. The van der Waals surface area contributed by atoms with Crippen molar-refractivity contribution < 1.29 is 4.79 Å². The quantitative estimate of drug-likeness (QED) is 0.578. The summed E-state index contributed by atoms with van der Waals surface area (Å²) in [5.74, 6) is 0.924. The summed E-state index contributed by atoms with van der Waals surface area (Å²) in [5, 5.41) is 0. The van der Waals surface area contributed by atoms with E-state index in [1.807, 2.05) is 0 Å². The van der Waals surface area contributed by atoms with Crippen LogP contribution in [0.2, 0.25) is 0 Å². The molecule has 2 rings (SSSR count). The third-order valence-corrected chi connectivity index (χ3v) is 4.81. The minimum Gasteiger partial charge on any atom is -0.289 e. The minimum atomic E-state index is -0.104. The van der Waals surface area contributed by atoms with Crippen LogP contribution in [-0.2, 0) is 4.79 Å². The van der Waals surface area contributed by atoms with Crippen molar-refractivity contribution in [1.82, 2.24) is 0 Å². The fourth-order valence-electron chi connectivity index (χ4n) is 3.43. The van der Waals surface area contributed by atoms with Crippen molar-refractivity contribution in [1.29, 1.82) is 0 Å². The van der Waals surface area contributed by atoms with Gasteiger partial charge in [-0.2, -0.15) is 0 Å². The van der Waals surface area contributed by atoms with Gasteiger partial charge >= 0.3 is 0 Å². The van der Waals surface area contributed by atoms with E-state index < -0.39 is 0 Å². The maximum absolute atomic E-state index is 12.9. The molecule has 0 heterocycles. The van der Waals surface area contributed by atoms with E-state index in [0.29, 0.717) is 5.92 Å². The highest BCUT2D eigenvalue weighted by molar-refractivity contribution is 6.11. The Morgan fingerprint density at radius 3 is 1.73 bits per heavy atom. The van der Waals surface area contributed by atoms with Crippen LogP contribution in [0.5, 0.6) is 0 Å². The molecule has 0 aromatic rings. The number of rotatable bonds is 1. The zero-order chi connectivity index (χ0) is 16.5. The van der Waals surface area contributed by atoms with Crippen LogP contribution in [0.4, 0.5) is 0 Å². The molecule has 0 amide bonds. The SMILES string of the molecule is CC(C)(C)C1=CC(=CC2CCCCC2)C=C(C(C)(C)C)C1=O. The average Bonchev–Trinajstić information content (AvgIpc) is 2.39. The monoisotopic (exact) mass is 300 g/mol. The highest BCUT2D eigenvalue weighted by atomic mass is 16.1. The summed E-state index contributed by atoms with van der Waals surface area (Å²) < 4.78 is 0. The smallest absolute Gasteiger partial charge is 0.186 e. The Bertz CT molecular complexity index is 487. The Morgan fingerprint density at radius 1 is 0.864 bits per heavy atom. The van der Waals surface area contributed by atoms with Crippen molar-refractivity contribution in [3.05, 3.63) is 34.9 Å². The molecule has 0 radical (unpaired) electrons. The number of ketones is 1. The first-order valence-corrected chi connectivity index (χ1v) is 8.80. The summed E-state index contributed by atoms with van der Waals surface area (Å²) in [6.45, 7) is 12.8. The molecule has 0 atom stereocenters. The summed E-state index contributed by atoms with van der Waals surface area (Å²) >= 11 is 0. The van der Waals surface area contributed by atoms with Crippen molar-refractivity contribution in [2.45, 2.75) is 73.6 Å². The van der Waals surface area contributed by atoms with Crippen molar-refractivity contribution in [3.63, 3.8) is 0 Å². The molecule has 122 valence electrons. The minimum absolute atomic E-state index is 0.104. The molecule has 0 bridgehead atoms. The first-order chi connectivity index (χ1) is 10.1. The standard InChI is InChI=1S/C21H32O/c1-20(2,3)17-13-16(12-15-10-8-7-9-11-15)14-18(19(17)22)21(4,5)6/h12-15H,7-11H2,1-6H3. The third kappa shape index (κ3) is 4.00. The van der Waals surface area contributed by atoms with Gasteiger partial charge in [-0.05, 0) is 47.3 Å². The van der Waals surface area contributed by atoms with Crippen LogP contribution in [0.1, 0.15) is 73.6 Å². The molecule has 1 saturated carbocycles. The van der Waals surface area contributed by atoms with Gasteiger partial charge in [-0.25, -0.2) is 0 Å². The number of Topliss-reactive ketones (excluding diaryl/α,β-unsaturated/α-hetero) is 1. The molecule has 0 unspecified atom stereocenters. The van der Waals surface area contributed by atoms with Crippen LogP contribution >= 0.6 is 0 Å². The van der Waals surface area contributed by atoms with Gasteiger partial charge in [0.1, 0.15) is 0 Å². The van der Waals surface area contributed by atoms with Gasteiger partial charge in [-0.1, -0.05) is 66.9 Å². The lowest BCUT2D eigenvalue weighted by Gasteiger charge is -2.31. The maximum Gasteiger partial charge on any atom is 0.186 e. The van der Waals surface area contributed by atoms with E-state index in [0.717, 1.165) is 11.1 Å². The lowest BCUT2D eigenvalue weighted by molar-refractivity contribution is -0.114. The summed E-state index contributed by atoms with van der Waals surface area (Å²) in [7, 11) is 0. The number of carbonyl (C=O) groups excluding carboxylic acids is 1. The van der Waals surface area contributed by atoms with Gasteiger partial charge < -0.3 is 0 Å².